The van der Waals surface area contributed by atoms with Crippen LogP contribution in [0.1, 0.15) is 25.7 Å². The standard InChI is InChI=1S/C16H24BrN3O/c1-20-7-11(8-20)13-3-2-9-4-10-5-12(6-18)21-16(10)14(17)15(9)19-13/h9-16,19H,2-5,7-8H2,1H3. The molecule has 1 saturated carbocycles. The molecule has 0 radical (unpaired) electrons. The van der Waals surface area contributed by atoms with E-state index in [-0.39, 0.29) is 12.2 Å². The number of hydrogen-bond acceptors (Lipinski definition) is 4. The van der Waals surface area contributed by atoms with Crippen molar-refractivity contribution in [2.45, 2.75) is 54.8 Å². The summed E-state index contributed by atoms with van der Waals surface area (Å²) in [7, 11) is 2.20. The van der Waals surface area contributed by atoms with Crippen LogP contribution in [-0.2, 0) is 4.74 Å². The van der Waals surface area contributed by atoms with Crippen molar-refractivity contribution in [1.29, 1.82) is 5.26 Å². The first-order valence-corrected chi connectivity index (χ1v) is 9.21. The highest BCUT2D eigenvalue weighted by Gasteiger charge is 2.51. The van der Waals surface area contributed by atoms with Gasteiger partial charge >= 0.3 is 0 Å². The molecule has 4 fully saturated rings. The first-order chi connectivity index (χ1) is 10.2. The SMILES string of the molecule is CN1CC(C2CCC3CC4CC(C#N)OC4C(Br)C3N2)C1. The Labute approximate surface area is 135 Å². The van der Waals surface area contributed by atoms with E-state index in [1.807, 2.05) is 0 Å². The molecule has 0 aromatic heterocycles. The molecular formula is C16H24BrN3O. The largest absolute Gasteiger partial charge is 0.359 e. The van der Waals surface area contributed by atoms with Crippen molar-refractivity contribution in [3.8, 4) is 6.07 Å². The molecule has 4 rings (SSSR count). The summed E-state index contributed by atoms with van der Waals surface area (Å²) < 4.78 is 5.97. The van der Waals surface area contributed by atoms with Crippen LogP contribution in [0.3, 0.4) is 0 Å². The molecule has 3 heterocycles. The highest BCUT2D eigenvalue weighted by atomic mass is 79.9. The lowest BCUT2D eigenvalue weighted by atomic mass is 9.70. The zero-order valence-electron chi connectivity index (χ0n) is 12.5. The van der Waals surface area contributed by atoms with Gasteiger partial charge in [0.2, 0.25) is 0 Å². The molecule has 5 heteroatoms. The van der Waals surface area contributed by atoms with Crippen molar-refractivity contribution >= 4 is 15.9 Å². The fraction of sp³-hybridized carbons (Fsp3) is 0.938. The summed E-state index contributed by atoms with van der Waals surface area (Å²) >= 11 is 3.91. The molecular weight excluding hydrogens is 330 g/mol. The molecule has 1 aliphatic carbocycles. The van der Waals surface area contributed by atoms with Crippen molar-refractivity contribution in [3.63, 3.8) is 0 Å². The molecule has 7 unspecified atom stereocenters. The second-order valence-electron chi connectivity index (χ2n) is 7.51. The Kier molecular flexibility index (Phi) is 3.77. The minimum absolute atomic E-state index is 0.184. The van der Waals surface area contributed by atoms with Crippen LogP contribution < -0.4 is 5.32 Å². The Bertz CT molecular complexity index is 447. The second-order valence-corrected chi connectivity index (χ2v) is 8.57. The van der Waals surface area contributed by atoms with Crippen LogP contribution in [-0.4, -0.2) is 54.2 Å². The third-order valence-corrected chi connectivity index (χ3v) is 7.22. The number of nitrogens with zero attached hydrogens (tertiary/aromatic N) is 2. The van der Waals surface area contributed by atoms with Crippen LogP contribution in [0.4, 0.5) is 0 Å². The summed E-state index contributed by atoms with van der Waals surface area (Å²) in [5, 5.41) is 13.1. The number of hydrogen-bond donors (Lipinski definition) is 1. The number of likely N-dealkylation sites (tertiary alicyclic amines) is 1. The lowest BCUT2D eigenvalue weighted by Gasteiger charge is -2.51. The minimum atomic E-state index is -0.184. The quantitative estimate of drug-likeness (QED) is 0.729. The van der Waals surface area contributed by atoms with Crippen LogP contribution in [0, 0.1) is 29.1 Å². The molecule has 4 nitrogen and oxygen atoms in total. The lowest BCUT2D eigenvalue weighted by Crippen LogP contribution is -2.64. The van der Waals surface area contributed by atoms with E-state index in [2.05, 4.69) is 39.3 Å². The van der Waals surface area contributed by atoms with E-state index in [1.165, 1.54) is 32.4 Å². The summed E-state index contributed by atoms with van der Waals surface area (Å²) in [6.07, 6.45) is 4.87. The van der Waals surface area contributed by atoms with Gasteiger partial charge < -0.3 is 15.0 Å². The summed E-state index contributed by atoms with van der Waals surface area (Å²) in [5.74, 6) is 2.16. The van der Waals surface area contributed by atoms with Gasteiger partial charge in [0.05, 0.1) is 17.0 Å². The summed E-state index contributed by atoms with van der Waals surface area (Å²) in [4.78, 5) is 2.76. The number of fused-ring (bicyclic) bond motifs is 2. The number of halogens is 1. The highest BCUT2D eigenvalue weighted by molar-refractivity contribution is 9.09. The first kappa shape index (κ1) is 14.4. The van der Waals surface area contributed by atoms with Gasteiger partial charge in [-0.3, -0.25) is 0 Å². The Morgan fingerprint density at radius 3 is 2.71 bits per heavy atom. The molecule has 0 spiro atoms. The van der Waals surface area contributed by atoms with Crippen LogP contribution in [0.25, 0.3) is 0 Å². The maximum absolute atomic E-state index is 9.13. The molecule has 3 saturated heterocycles. The lowest BCUT2D eigenvalue weighted by molar-refractivity contribution is -0.000953. The maximum atomic E-state index is 9.13. The average molecular weight is 354 g/mol. The van der Waals surface area contributed by atoms with Gasteiger partial charge in [-0.05, 0) is 50.5 Å². The second kappa shape index (κ2) is 5.49. The Morgan fingerprint density at radius 1 is 1.19 bits per heavy atom. The van der Waals surface area contributed by atoms with Crippen LogP contribution in [0.15, 0.2) is 0 Å². The molecule has 21 heavy (non-hydrogen) atoms. The highest BCUT2D eigenvalue weighted by Crippen LogP contribution is 2.46. The number of ether oxygens (including phenoxy) is 1. The van der Waals surface area contributed by atoms with Crippen molar-refractivity contribution in [2.24, 2.45) is 17.8 Å². The van der Waals surface area contributed by atoms with Crippen LogP contribution >= 0.6 is 15.9 Å². The van der Waals surface area contributed by atoms with E-state index >= 15 is 0 Å². The van der Waals surface area contributed by atoms with E-state index in [9.17, 15) is 0 Å². The predicted molar refractivity (Wildman–Crippen MR) is 84.1 cm³/mol. The number of rotatable bonds is 1. The van der Waals surface area contributed by atoms with Gasteiger partial charge in [-0.2, -0.15) is 5.26 Å². The average Bonchev–Trinajstić information content (AvgIpc) is 2.87. The van der Waals surface area contributed by atoms with Gasteiger partial charge in [-0.25, -0.2) is 0 Å². The third-order valence-electron chi connectivity index (χ3n) is 6.13. The number of nitriles is 1. The first-order valence-electron chi connectivity index (χ1n) is 8.29. The molecule has 0 aromatic rings. The Hall–Kier alpha value is -0.150. The van der Waals surface area contributed by atoms with E-state index in [4.69, 9.17) is 10.00 Å². The smallest absolute Gasteiger partial charge is 0.144 e. The summed E-state index contributed by atoms with van der Waals surface area (Å²) in [6, 6.07) is 3.50. The Morgan fingerprint density at radius 2 is 2.00 bits per heavy atom. The molecule has 0 bridgehead atoms. The molecule has 1 N–H and O–H groups in total. The van der Waals surface area contributed by atoms with Crippen molar-refractivity contribution in [1.82, 2.24) is 10.2 Å². The number of alkyl halides is 1. The minimum Gasteiger partial charge on any atom is -0.359 e. The van der Waals surface area contributed by atoms with Crippen molar-refractivity contribution in [2.75, 3.05) is 20.1 Å². The van der Waals surface area contributed by atoms with Crippen LogP contribution in [0.5, 0.6) is 0 Å². The molecule has 4 aliphatic rings. The molecule has 7 atom stereocenters. The van der Waals surface area contributed by atoms with Gasteiger partial charge in [0.15, 0.2) is 0 Å². The van der Waals surface area contributed by atoms with Crippen molar-refractivity contribution < 1.29 is 4.74 Å². The number of piperidine rings is 1. The van der Waals surface area contributed by atoms with Crippen molar-refractivity contribution in [3.05, 3.63) is 0 Å². The molecule has 116 valence electrons. The van der Waals surface area contributed by atoms with E-state index < -0.39 is 0 Å². The van der Waals surface area contributed by atoms with E-state index in [0.717, 1.165) is 18.3 Å². The zero-order valence-corrected chi connectivity index (χ0v) is 14.1. The normalized spacial score (nSPS) is 50.8. The predicted octanol–water partition coefficient (Wildman–Crippen LogP) is 1.75. The fourth-order valence-electron chi connectivity index (χ4n) is 5.04. The zero-order chi connectivity index (χ0) is 14.6. The summed E-state index contributed by atoms with van der Waals surface area (Å²) in [6.45, 7) is 2.47. The number of nitrogens with one attached hydrogen (secondary N) is 1. The molecule has 0 aromatic carbocycles. The molecule has 0 amide bonds. The van der Waals surface area contributed by atoms with Crippen LogP contribution in [0.2, 0.25) is 0 Å². The van der Waals surface area contributed by atoms with Gasteiger partial charge in [0.1, 0.15) is 6.10 Å². The fourth-order valence-corrected chi connectivity index (χ4v) is 6.18. The van der Waals surface area contributed by atoms with Gasteiger partial charge in [0, 0.05) is 25.2 Å². The Balaban J connectivity index is 1.44. The maximum Gasteiger partial charge on any atom is 0.144 e. The monoisotopic (exact) mass is 353 g/mol. The van der Waals surface area contributed by atoms with Gasteiger partial charge in [0.25, 0.3) is 0 Å². The van der Waals surface area contributed by atoms with E-state index in [1.54, 1.807) is 0 Å². The van der Waals surface area contributed by atoms with Gasteiger partial charge in [-0.1, -0.05) is 15.9 Å². The third kappa shape index (κ3) is 2.45. The topological polar surface area (TPSA) is 48.3 Å². The van der Waals surface area contributed by atoms with E-state index in [0.29, 0.717) is 22.8 Å². The summed E-state index contributed by atoms with van der Waals surface area (Å²) in [5.41, 5.74) is 0. The molecule has 3 aliphatic heterocycles. The van der Waals surface area contributed by atoms with Gasteiger partial charge in [-0.15, -0.1) is 0 Å².